The fourth-order valence-electron chi connectivity index (χ4n) is 4.61. The standard InChI is InChI=1S/C21H25N3O5S2/c25-19(26)10-21(8-14-4-1-2-5-15(14)9-21)20(27)22-11-18-23-17(13-30-18)16-6-3-7-24(12-16)31(28)29/h1-2,4-5,13,16H,3,6-12H2,(H,22,27)(H,25,26)(H,28,29). The number of hydrogen-bond donors (Lipinski definition) is 3. The Bertz CT molecular complexity index is 983. The van der Waals surface area contributed by atoms with E-state index in [1.807, 2.05) is 29.6 Å². The van der Waals surface area contributed by atoms with Crippen LogP contribution in [-0.2, 0) is 40.2 Å². The molecule has 3 N–H and O–H groups in total. The van der Waals surface area contributed by atoms with E-state index >= 15 is 0 Å². The van der Waals surface area contributed by atoms with Crippen LogP contribution in [0.15, 0.2) is 29.6 Å². The van der Waals surface area contributed by atoms with Gasteiger partial charge in [0.25, 0.3) is 0 Å². The third-order valence-electron chi connectivity index (χ3n) is 6.14. The van der Waals surface area contributed by atoms with Crippen molar-refractivity contribution < 1.29 is 23.5 Å². The minimum Gasteiger partial charge on any atom is -0.481 e. The Morgan fingerprint density at radius 1 is 1.29 bits per heavy atom. The molecule has 1 aromatic heterocycles. The maximum Gasteiger partial charge on any atom is 0.304 e. The first kappa shape index (κ1) is 22.1. The van der Waals surface area contributed by atoms with Gasteiger partial charge in [-0.2, -0.15) is 0 Å². The first-order valence-electron chi connectivity index (χ1n) is 10.2. The van der Waals surface area contributed by atoms with Crippen molar-refractivity contribution in [2.75, 3.05) is 13.1 Å². The van der Waals surface area contributed by atoms with Crippen LogP contribution in [0.3, 0.4) is 0 Å². The van der Waals surface area contributed by atoms with Gasteiger partial charge in [0.2, 0.25) is 17.2 Å². The van der Waals surface area contributed by atoms with Gasteiger partial charge in [0.15, 0.2) is 0 Å². The summed E-state index contributed by atoms with van der Waals surface area (Å²) in [6.45, 7) is 1.32. The van der Waals surface area contributed by atoms with Crippen LogP contribution in [0.5, 0.6) is 0 Å². The highest BCUT2D eigenvalue weighted by molar-refractivity contribution is 7.76. The summed E-state index contributed by atoms with van der Waals surface area (Å²) in [5, 5.41) is 15.0. The molecule has 0 saturated carbocycles. The summed E-state index contributed by atoms with van der Waals surface area (Å²) < 4.78 is 22.2. The Balaban J connectivity index is 1.41. The van der Waals surface area contributed by atoms with Gasteiger partial charge in [0, 0.05) is 24.4 Å². The van der Waals surface area contributed by atoms with Crippen molar-refractivity contribution in [2.45, 2.75) is 44.6 Å². The molecule has 0 spiro atoms. The lowest BCUT2D eigenvalue weighted by atomic mass is 9.80. The van der Waals surface area contributed by atoms with Gasteiger partial charge in [-0.05, 0) is 36.8 Å². The average Bonchev–Trinajstić information content (AvgIpc) is 3.36. The highest BCUT2D eigenvalue weighted by atomic mass is 32.2. The van der Waals surface area contributed by atoms with Gasteiger partial charge in [0.1, 0.15) is 5.01 Å². The molecule has 1 aliphatic carbocycles. The number of nitrogens with one attached hydrogen (secondary N) is 1. The van der Waals surface area contributed by atoms with E-state index in [9.17, 15) is 23.5 Å². The summed E-state index contributed by atoms with van der Waals surface area (Å²) in [6.07, 6.45) is 2.36. The summed E-state index contributed by atoms with van der Waals surface area (Å²) in [5.41, 5.74) is 1.94. The quantitative estimate of drug-likeness (QED) is 0.542. The lowest BCUT2D eigenvalue weighted by Crippen LogP contribution is -2.43. The zero-order chi connectivity index (χ0) is 22.0. The SMILES string of the molecule is O=C(O)CC1(C(=O)NCc2nc(C3CCCN(S(=O)O)C3)cs2)Cc2ccccc2C1. The number of hydrogen-bond acceptors (Lipinski definition) is 5. The lowest BCUT2D eigenvalue weighted by Gasteiger charge is -2.28. The van der Waals surface area contributed by atoms with E-state index in [1.165, 1.54) is 15.6 Å². The molecule has 10 heteroatoms. The van der Waals surface area contributed by atoms with E-state index < -0.39 is 22.7 Å². The molecule has 1 aromatic carbocycles. The molecule has 1 aliphatic heterocycles. The van der Waals surface area contributed by atoms with Gasteiger partial charge >= 0.3 is 5.97 Å². The summed E-state index contributed by atoms with van der Waals surface area (Å²) in [6, 6.07) is 7.71. The zero-order valence-corrected chi connectivity index (χ0v) is 18.6. The summed E-state index contributed by atoms with van der Waals surface area (Å²) in [5.74, 6) is -1.15. The molecule has 166 valence electrons. The number of piperidine rings is 1. The first-order chi connectivity index (χ1) is 14.9. The van der Waals surface area contributed by atoms with Crippen LogP contribution in [0.25, 0.3) is 0 Å². The number of carboxylic acid groups (broad SMARTS) is 1. The van der Waals surface area contributed by atoms with Crippen LogP contribution in [0.2, 0.25) is 0 Å². The monoisotopic (exact) mass is 463 g/mol. The van der Waals surface area contributed by atoms with Crippen molar-refractivity contribution >= 4 is 34.5 Å². The fraction of sp³-hybridized carbons (Fsp3) is 0.476. The topological polar surface area (TPSA) is 120 Å². The maximum absolute atomic E-state index is 13.1. The predicted octanol–water partition coefficient (Wildman–Crippen LogP) is 2.34. The molecule has 31 heavy (non-hydrogen) atoms. The third kappa shape index (κ3) is 4.87. The van der Waals surface area contributed by atoms with Gasteiger partial charge in [-0.1, -0.05) is 24.3 Å². The van der Waals surface area contributed by atoms with Crippen LogP contribution in [-0.4, -0.2) is 48.1 Å². The largest absolute Gasteiger partial charge is 0.481 e. The third-order valence-corrected chi connectivity index (χ3v) is 7.78. The van der Waals surface area contributed by atoms with E-state index in [4.69, 9.17) is 0 Å². The average molecular weight is 464 g/mol. The van der Waals surface area contributed by atoms with Gasteiger partial charge in [-0.3, -0.25) is 14.1 Å². The van der Waals surface area contributed by atoms with Crippen LogP contribution < -0.4 is 5.32 Å². The van der Waals surface area contributed by atoms with Crippen molar-refractivity contribution in [3.8, 4) is 0 Å². The van der Waals surface area contributed by atoms with E-state index in [0.717, 1.165) is 34.7 Å². The Morgan fingerprint density at radius 2 is 2.00 bits per heavy atom. The van der Waals surface area contributed by atoms with Gasteiger partial charge in [-0.25, -0.2) is 13.5 Å². The normalized spacial score (nSPS) is 21.4. The Morgan fingerprint density at radius 3 is 2.65 bits per heavy atom. The van der Waals surface area contributed by atoms with Crippen molar-refractivity contribution in [3.05, 3.63) is 51.5 Å². The molecule has 2 heterocycles. The van der Waals surface area contributed by atoms with Crippen molar-refractivity contribution in [2.24, 2.45) is 5.41 Å². The molecule has 0 radical (unpaired) electrons. The molecular formula is C21H25N3O5S2. The van der Waals surface area contributed by atoms with Crippen LogP contribution >= 0.6 is 11.3 Å². The van der Waals surface area contributed by atoms with Crippen molar-refractivity contribution in [3.63, 3.8) is 0 Å². The minimum absolute atomic E-state index is 0.0910. The number of nitrogens with zero attached hydrogens (tertiary/aromatic N) is 2. The smallest absolute Gasteiger partial charge is 0.304 e. The summed E-state index contributed by atoms with van der Waals surface area (Å²) in [7, 11) is 0. The molecule has 2 atom stereocenters. The minimum atomic E-state index is -1.97. The van der Waals surface area contributed by atoms with Crippen molar-refractivity contribution in [1.82, 2.24) is 14.6 Å². The number of benzene rings is 1. The molecule has 8 nitrogen and oxygen atoms in total. The zero-order valence-electron chi connectivity index (χ0n) is 17.0. The van der Waals surface area contributed by atoms with Crippen LogP contribution in [0.1, 0.15) is 47.0 Å². The number of fused-ring (bicyclic) bond motifs is 1. The fourth-order valence-corrected chi connectivity index (χ4v) is 6.02. The second kappa shape index (κ2) is 9.15. The molecule has 2 aromatic rings. The Hall–Kier alpha value is -2.14. The maximum atomic E-state index is 13.1. The number of carboxylic acids is 1. The number of rotatable bonds is 7. The Labute approximate surface area is 187 Å². The molecule has 1 saturated heterocycles. The van der Waals surface area contributed by atoms with E-state index in [0.29, 0.717) is 25.9 Å². The first-order valence-corrected chi connectivity index (χ1v) is 12.2. The number of thiazole rings is 1. The second-order valence-electron chi connectivity index (χ2n) is 8.28. The van der Waals surface area contributed by atoms with Crippen LogP contribution in [0, 0.1) is 5.41 Å². The van der Waals surface area contributed by atoms with Crippen molar-refractivity contribution in [1.29, 1.82) is 0 Å². The highest BCUT2D eigenvalue weighted by Crippen LogP contribution is 2.40. The molecule has 4 rings (SSSR count). The molecule has 0 bridgehead atoms. The van der Waals surface area contributed by atoms with Gasteiger partial charge in [-0.15, -0.1) is 11.3 Å². The molecule has 2 unspecified atom stereocenters. The number of amides is 1. The highest BCUT2D eigenvalue weighted by Gasteiger charge is 2.45. The number of aliphatic carboxylic acids is 1. The number of aromatic nitrogens is 1. The van der Waals surface area contributed by atoms with E-state index in [-0.39, 0.29) is 24.8 Å². The molecule has 1 amide bonds. The number of carbonyl (C=O) groups is 2. The second-order valence-corrected chi connectivity index (χ2v) is 10.2. The van der Waals surface area contributed by atoms with Gasteiger partial charge in [0.05, 0.1) is 24.1 Å². The molecule has 2 aliphatic rings. The predicted molar refractivity (Wildman–Crippen MR) is 117 cm³/mol. The van der Waals surface area contributed by atoms with E-state index in [2.05, 4.69) is 10.3 Å². The van der Waals surface area contributed by atoms with Gasteiger partial charge < -0.3 is 10.4 Å². The number of carbonyl (C=O) groups excluding carboxylic acids is 1. The summed E-state index contributed by atoms with van der Waals surface area (Å²) >= 11 is -0.535. The Kier molecular flexibility index (Phi) is 6.52. The lowest BCUT2D eigenvalue weighted by molar-refractivity contribution is -0.145. The van der Waals surface area contributed by atoms with E-state index in [1.54, 1.807) is 0 Å². The molecular weight excluding hydrogens is 438 g/mol. The molecule has 1 fully saturated rings. The van der Waals surface area contributed by atoms with Crippen LogP contribution in [0.4, 0.5) is 0 Å². The summed E-state index contributed by atoms with van der Waals surface area (Å²) in [4.78, 5) is 29.2.